The summed E-state index contributed by atoms with van der Waals surface area (Å²) in [6.45, 7) is 13.1. The van der Waals surface area contributed by atoms with Crippen LogP contribution in [-0.4, -0.2) is 35.7 Å². The third kappa shape index (κ3) is 6.99. The van der Waals surface area contributed by atoms with E-state index in [1.165, 1.54) is 6.07 Å². The molecule has 0 fully saturated rings. The molecule has 1 N–H and O–H groups in total. The van der Waals surface area contributed by atoms with E-state index in [2.05, 4.69) is 5.32 Å². The molecule has 4 nitrogen and oxygen atoms in total. The number of hydrogen-bond acceptors (Lipinski definition) is 3. The number of amides is 1. The van der Waals surface area contributed by atoms with E-state index in [1.807, 2.05) is 40.7 Å². The zero-order chi connectivity index (χ0) is 17.6. The highest BCUT2D eigenvalue weighted by atomic mass is 19.1. The van der Waals surface area contributed by atoms with Gasteiger partial charge in [-0.1, -0.05) is 12.1 Å². The number of hydrogen-bond donors (Lipinski definition) is 1. The van der Waals surface area contributed by atoms with Gasteiger partial charge >= 0.3 is 6.09 Å². The van der Waals surface area contributed by atoms with E-state index in [0.717, 1.165) is 5.56 Å². The van der Waals surface area contributed by atoms with E-state index in [9.17, 15) is 9.18 Å². The predicted molar refractivity (Wildman–Crippen MR) is 90.9 cm³/mol. The molecule has 1 amide bonds. The Labute approximate surface area is 139 Å². The molecule has 0 bridgehead atoms. The molecule has 0 saturated heterocycles. The molecule has 1 aromatic rings. The first-order valence-corrected chi connectivity index (χ1v) is 8.05. The number of aryl methyl sites for hydroxylation is 1. The largest absolute Gasteiger partial charge is 0.444 e. The van der Waals surface area contributed by atoms with Crippen molar-refractivity contribution in [2.24, 2.45) is 0 Å². The summed E-state index contributed by atoms with van der Waals surface area (Å²) in [6.07, 6.45) is -0.299. The van der Waals surface area contributed by atoms with E-state index in [4.69, 9.17) is 4.74 Å². The Morgan fingerprint density at radius 3 is 2.52 bits per heavy atom. The van der Waals surface area contributed by atoms with Crippen LogP contribution in [0.15, 0.2) is 18.2 Å². The molecule has 0 heterocycles. The minimum absolute atomic E-state index is 0.0692. The molecule has 0 radical (unpaired) electrons. The van der Waals surface area contributed by atoms with Crippen molar-refractivity contribution in [3.63, 3.8) is 0 Å². The van der Waals surface area contributed by atoms with Crippen LogP contribution < -0.4 is 5.32 Å². The summed E-state index contributed by atoms with van der Waals surface area (Å²) in [6, 6.07) is 5.15. The van der Waals surface area contributed by atoms with Gasteiger partial charge in [-0.25, -0.2) is 9.18 Å². The molecule has 23 heavy (non-hydrogen) atoms. The van der Waals surface area contributed by atoms with Gasteiger partial charge in [0.05, 0.1) is 0 Å². The Kier molecular flexibility index (Phi) is 7.01. The van der Waals surface area contributed by atoms with Crippen molar-refractivity contribution < 1.29 is 13.9 Å². The molecule has 0 saturated carbocycles. The maximum Gasteiger partial charge on any atom is 0.410 e. The highest BCUT2D eigenvalue weighted by Gasteiger charge is 2.23. The number of carbonyl (C=O) groups excluding carboxylic acids is 1. The minimum atomic E-state index is -0.497. The van der Waals surface area contributed by atoms with Gasteiger partial charge in [0.25, 0.3) is 0 Å². The Morgan fingerprint density at radius 2 is 2.00 bits per heavy atom. The number of rotatable bonds is 6. The van der Waals surface area contributed by atoms with Crippen LogP contribution in [0.2, 0.25) is 0 Å². The minimum Gasteiger partial charge on any atom is -0.444 e. The SMILES string of the molecule is Cc1cc(CNCCN(C(=O)OC(C)(C)C)C(C)C)ccc1F. The Bertz CT molecular complexity index is 524. The van der Waals surface area contributed by atoms with Gasteiger partial charge in [0.2, 0.25) is 0 Å². The van der Waals surface area contributed by atoms with Crippen molar-refractivity contribution >= 4 is 6.09 Å². The molecule has 0 aliphatic rings. The van der Waals surface area contributed by atoms with Crippen LogP contribution >= 0.6 is 0 Å². The monoisotopic (exact) mass is 324 g/mol. The number of nitrogens with one attached hydrogen (secondary N) is 1. The highest BCUT2D eigenvalue weighted by molar-refractivity contribution is 5.68. The van der Waals surface area contributed by atoms with Crippen molar-refractivity contribution in [3.05, 3.63) is 35.1 Å². The van der Waals surface area contributed by atoms with E-state index in [0.29, 0.717) is 25.2 Å². The second kappa shape index (κ2) is 8.29. The summed E-state index contributed by atoms with van der Waals surface area (Å²) in [4.78, 5) is 13.9. The van der Waals surface area contributed by atoms with Gasteiger partial charge in [0.15, 0.2) is 0 Å². The van der Waals surface area contributed by atoms with E-state index in [-0.39, 0.29) is 18.0 Å². The van der Waals surface area contributed by atoms with Gasteiger partial charge in [-0.3, -0.25) is 0 Å². The van der Waals surface area contributed by atoms with Crippen molar-refractivity contribution in [1.29, 1.82) is 0 Å². The molecule has 0 unspecified atom stereocenters. The van der Waals surface area contributed by atoms with Crippen molar-refractivity contribution in [1.82, 2.24) is 10.2 Å². The lowest BCUT2D eigenvalue weighted by atomic mass is 10.1. The molecule has 0 aromatic heterocycles. The first-order chi connectivity index (χ1) is 10.6. The molecular weight excluding hydrogens is 295 g/mol. The first-order valence-electron chi connectivity index (χ1n) is 8.05. The number of carbonyl (C=O) groups is 1. The maximum atomic E-state index is 13.2. The molecule has 1 aromatic carbocycles. The van der Waals surface area contributed by atoms with Crippen LogP contribution in [0.25, 0.3) is 0 Å². The standard InChI is InChI=1S/C18H29FN2O2/c1-13(2)21(17(22)23-18(4,5)6)10-9-20-12-15-7-8-16(19)14(3)11-15/h7-8,11,13,20H,9-10,12H2,1-6H3. The molecule has 5 heteroatoms. The zero-order valence-electron chi connectivity index (χ0n) is 15.1. The second-order valence-electron chi connectivity index (χ2n) is 7.03. The van der Waals surface area contributed by atoms with E-state index in [1.54, 1.807) is 17.9 Å². The third-order valence-corrected chi connectivity index (χ3v) is 3.33. The summed E-state index contributed by atoms with van der Waals surface area (Å²) < 4.78 is 18.7. The van der Waals surface area contributed by atoms with Gasteiger partial charge in [0, 0.05) is 25.7 Å². The van der Waals surface area contributed by atoms with Gasteiger partial charge in [0.1, 0.15) is 11.4 Å². The number of halogens is 1. The van der Waals surface area contributed by atoms with Crippen LogP contribution in [0, 0.1) is 12.7 Å². The topological polar surface area (TPSA) is 41.6 Å². The number of nitrogens with zero attached hydrogens (tertiary/aromatic N) is 1. The fourth-order valence-electron chi connectivity index (χ4n) is 2.13. The van der Waals surface area contributed by atoms with E-state index < -0.39 is 5.60 Å². The Balaban J connectivity index is 2.47. The summed E-state index contributed by atoms with van der Waals surface area (Å²) in [5.41, 5.74) is 1.17. The van der Waals surface area contributed by atoms with Crippen LogP contribution in [0.4, 0.5) is 9.18 Å². The molecule has 0 spiro atoms. The molecule has 0 atom stereocenters. The Hall–Kier alpha value is -1.62. The molecule has 1 rings (SSSR count). The van der Waals surface area contributed by atoms with Crippen LogP contribution in [0.3, 0.4) is 0 Å². The van der Waals surface area contributed by atoms with Gasteiger partial charge in [-0.2, -0.15) is 0 Å². The summed E-state index contributed by atoms with van der Waals surface area (Å²) in [5.74, 6) is -0.190. The van der Waals surface area contributed by atoms with Crippen LogP contribution in [0.1, 0.15) is 45.7 Å². The predicted octanol–water partition coefficient (Wildman–Crippen LogP) is 3.87. The van der Waals surface area contributed by atoms with Gasteiger partial charge in [-0.15, -0.1) is 0 Å². The van der Waals surface area contributed by atoms with Crippen molar-refractivity contribution in [3.8, 4) is 0 Å². The second-order valence-corrected chi connectivity index (χ2v) is 7.03. The molecule has 0 aliphatic carbocycles. The average Bonchev–Trinajstić information content (AvgIpc) is 2.40. The van der Waals surface area contributed by atoms with Crippen molar-refractivity contribution in [2.75, 3.05) is 13.1 Å². The quantitative estimate of drug-likeness (QED) is 0.808. The number of benzene rings is 1. The van der Waals surface area contributed by atoms with Crippen molar-refractivity contribution in [2.45, 2.75) is 59.7 Å². The third-order valence-electron chi connectivity index (χ3n) is 3.33. The number of ether oxygens (including phenoxy) is 1. The van der Waals surface area contributed by atoms with Crippen LogP contribution in [-0.2, 0) is 11.3 Å². The first kappa shape index (κ1) is 19.4. The smallest absolute Gasteiger partial charge is 0.410 e. The van der Waals surface area contributed by atoms with Gasteiger partial charge < -0.3 is 15.0 Å². The molecular formula is C18H29FN2O2. The summed E-state index contributed by atoms with van der Waals surface area (Å²) >= 11 is 0. The maximum absolute atomic E-state index is 13.2. The summed E-state index contributed by atoms with van der Waals surface area (Å²) in [5, 5.41) is 3.28. The highest BCUT2D eigenvalue weighted by Crippen LogP contribution is 2.12. The zero-order valence-corrected chi connectivity index (χ0v) is 15.1. The normalized spacial score (nSPS) is 11.7. The fourth-order valence-corrected chi connectivity index (χ4v) is 2.13. The lowest BCUT2D eigenvalue weighted by Gasteiger charge is -2.30. The Morgan fingerprint density at radius 1 is 1.35 bits per heavy atom. The van der Waals surface area contributed by atoms with Crippen LogP contribution in [0.5, 0.6) is 0 Å². The van der Waals surface area contributed by atoms with Gasteiger partial charge in [-0.05, 0) is 58.7 Å². The lowest BCUT2D eigenvalue weighted by Crippen LogP contribution is -2.44. The fraction of sp³-hybridized carbons (Fsp3) is 0.611. The molecule has 0 aliphatic heterocycles. The van der Waals surface area contributed by atoms with E-state index >= 15 is 0 Å². The average molecular weight is 324 g/mol. The molecule has 130 valence electrons. The lowest BCUT2D eigenvalue weighted by molar-refractivity contribution is 0.0193. The summed E-state index contributed by atoms with van der Waals surface area (Å²) in [7, 11) is 0.